The number of anilines is 1. The zero-order valence-electron chi connectivity index (χ0n) is 15.1. The molecule has 28 heavy (non-hydrogen) atoms. The fourth-order valence-electron chi connectivity index (χ4n) is 3.14. The molecule has 1 amide bonds. The third-order valence-corrected chi connectivity index (χ3v) is 5.79. The van der Waals surface area contributed by atoms with E-state index in [4.69, 9.17) is 0 Å². The Hall–Kier alpha value is -3.05. The molecule has 140 valence electrons. The first-order valence-corrected chi connectivity index (χ1v) is 9.65. The topological polar surface area (TPSA) is 29.1 Å². The summed E-state index contributed by atoms with van der Waals surface area (Å²) in [7, 11) is 0. The molecule has 1 heterocycles. The number of amides is 1. The maximum Gasteiger partial charge on any atom is 0.266 e. The summed E-state index contributed by atoms with van der Waals surface area (Å²) in [4.78, 5) is 13.4. The van der Waals surface area contributed by atoms with Crippen molar-refractivity contribution in [3.8, 4) is 0 Å². The van der Waals surface area contributed by atoms with Gasteiger partial charge < -0.3 is 5.32 Å². The summed E-state index contributed by atoms with van der Waals surface area (Å²) >= 11 is 1.36. The van der Waals surface area contributed by atoms with Crippen LogP contribution in [0.4, 0.5) is 14.5 Å². The van der Waals surface area contributed by atoms with Gasteiger partial charge in [0.1, 0.15) is 11.6 Å². The van der Waals surface area contributed by atoms with Crippen molar-refractivity contribution >= 4 is 33.0 Å². The Labute approximate surface area is 165 Å². The number of carbonyl (C=O) groups excluding carboxylic acids is 1. The van der Waals surface area contributed by atoms with Crippen LogP contribution in [-0.2, 0) is 6.42 Å². The summed E-state index contributed by atoms with van der Waals surface area (Å²) in [5.41, 5.74) is 2.97. The highest BCUT2D eigenvalue weighted by molar-refractivity contribution is 7.21. The minimum absolute atomic E-state index is 0.163. The van der Waals surface area contributed by atoms with Crippen LogP contribution in [0.1, 0.15) is 26.4 Å². The number of aryl methyl sites for hydroxylation is 1. The Bertz CT molecular complexity index is 1170. The molecule has 0 bridgehead atoms. The van der Waals surface area contributed by atoms with Crippen LogP contribution in [-0.4, -0.2) is 5.91 Å². The second kappa shape index (κ2) is 7.52. The van der Waals surface area contributed by atoms with E-state index in [1.54, 1.807) is 0 Å². The number of hydrogen-bond acceptors (Lipinski definition) is 2. The highest BCUT2D eigenvalue weighted by atomic mass is 32.1. The van der Waals surface area contributed by atoms with Gasteiger partial charge in [-0.15, -0.1) is 11.3 Å². The molecule has 3 aromatic carbocycles. The van der Waals surface area contributed by atoms with E-state index in [0.717, 1.165) is 39.4 Å². The summed E-state index contributed by atoms with van der Waals surface area (Å²) in [6.45, 7) is 2.02. The van der Waals surface area contributed by atoms with Crippen LogP contribution >= 0.6 is 11.3 Å². The van der Waals surface area contributed by atoms with Crippen molar-refractivity contribution in [3.63, 3.8) is 0 Å². The standard InChI is InChI=1S/C23H17F2NOS/c1-14-6-8-15(9-7-14)12-18-17-4-2-3-5-21(17)28-22(18)23(27)26-20-13-16(24)10-11-19(20)25/h2-11,13H,12H2,1H3,(H,26,27). The first kappa shape index (κ1) is 18.3. The molecule has 0 aliphatic heterocycles. The SMILES string of the molecule is Cc1ccc(Cc2c(C(=O)Nc3cc(F)ccc3F)sc3ccccc23)cc1. The van der Waals surface area contributed by atoms with E-state index < -0.39 is 17.5 Å². The van der Waals surface area contributed by atoms with Gasteiger partial charge in [-0.3, -0.25) is 4.79 Å². The fourth-order valence-corrected chi connectivity index (χ4v) is 4.26. The second-order valence-corrected chi connectivity index (χ2v) is 7.70. The van der Waals surface area contributed by atoms with Crippen LogP contribution in [0.25, 0.3) is 10.1 Å². The molecule has 2 nitrogen and oxygen atoms in total. The molecule has 0 saturated heterocycles. The molecule has 0 aliphatic rings. The molecule has 1 aromatic heterocycles. The number of nitrogens with one attached hydrogen (secondary N) is 1. The maximum absolute atomic E-state index is 14.0. The number of thiophene rings is 1. The summed E-state index contributed by atoms with van der Waals surface area (Å²) in [5.74, 6) is -1.71. The summed E-state index contributed by atoms with van der Waals surface area (Å²) in [6.07, 6.45) is 0.582. The highest BCUT2D eigenvalue weighted by Gasteiger charge is 2.20. The first-order chi connectivity index (χ1) is 13.5. The molecular formula is C23H17F2NOS. The molecule has 0 unspecified atom stereocenters. The second-order valence-electron chi connectivity index (χ2n) is 6.65. The van der Waals surface area contributed by atoms with Gasteiger partial charge in [0.15, 0.2) is 0 Å². The molecule has 0 aliphatic carbocycles. The van der Waals surface area contributed by atoms with Crippen molar-refractivity contribution in [1.82, 2.24) is 0 Å². The predicted molar refractivity (Wildman–Crippen MR) is 110 cm³/mol. The summed E-state index contributed by atoms with van der Waals surface area (Å²) in [6, 6.07) is 18.9. The van der Waals surface area contributed by atoms with Crippen LogP contribution in [0.2, 0.25) is 0 Å². The van der Waals surface area contributed by atoms with Crippen molar-refractivity contribution < 1.29 is 13.6 Å². The molecule has 1 N–H and O–H groups in total. The molecule has 0 fully saturated rings. The normalized spacial score (nSPS) is 11.0. The lowest BCUT2D eigenvalue weighted by atomic mass is 10.0. The minimum Gasteiger partial charge on any atom is -0.319 e. The van der Waals surface area contributed by atoms with Crippen LogP contribution in [0, 0.1) is 18.6 Å². The summed E-state index contributed by atoms with van der Waals surface area (Å²) in [5, 5.41) is 3.52. The maximum atomic E-state index is 14.0. The molecule has 5 heteroatoms. The zero-order chi connectivity index (χ0) is 19.7. The lowest BCUT2D eigenvalue weighted by Crippen LogP contribution is -2.13. The number of halogens is 2. The number of hydrogen-bond donors (Lipinski definition) is 1. The molecule has 0 radical (unpaired) electrons. The number of carbonyl (C=O) groups is 1. The molecule has 0 spiro atoms. The Balaban J connectivity index is 1.74. The Morgan fingerprint density at radius 3 is 2.54 bits per heavy atom. The van der Waals surface area contributed by atoms with Crippen LogP contribution in [0.3, 0.4) is 0 Å². The van der Waals surface area contributed by atoms with Gasteiger partial charge in [0.2, 0.25) is 0 Å². The van der Waals surface area contributed by atoms with E-state index in [1.165, 1.54) is 16.9 Å². The average molecular weight is 393 g/mol. The van der Waals surface area contributed by atoms with Gasteiger partial charge in [0.25, 0.3) is 5.91 Å². The Morgan fingerprint density at radius 1 is 1.00 bits per heavy atom. The van der Waals surface area contributed by atoms with Gasteiger partial charge in [-0.1, -0.05) is 48.0 Å². The predicted octanol–water partition coefficient (Wildman–Crippen LogP) is 6.33. The Kier molecular flexibility index (Phi) is 4.92. The van der Waals surface area contributed by atoms with Crippen molar-refractivity contribution in [2.24, 2.45) is 0 Å². The molecule has 0 atom stereocenters. The van der Waals surface area contributed by atoms with Crippen LogP contribution in [0.5, 0.6) is 0 Å². The first-order valence-electron chi connectivity index (χ1n) is 8.83. The minimum atomic E-state index is -0.670. The van der Waals surface area contributed by atoms with Crippen molar-refractivity contribution in [3.05, 3.63) is 99.9 Å². The quantitative estimate of drug-likeness (QED) is 0.431. The van der Waals surface area contributed by atoms with E-state index >= 15 is 0 Å². The molecule has 0 saturated carbocycles. The van der Waals surface area contributed by atoms with Crippen molar-refractivity contribution in [2.45, 2.75) is 13.3 Å². The molecule has 4 aromatic rings. The van der Waals surface area contributed by atoms with Gasteiger partial charge in [-0.2, -0.15) is 0 Å². The van der Waals surface area contributed by atoms with Gasteiger partial charge >= 0.3 is 0 Å². The van der Waals surface area contributed by atoms with Crippen LogP contribution in [0.15, 0.2) is 66.7 Å². The van der Waals surface area contributed by atoms with Gasteiger partial charge in [-0.05, 0) is 48.1 Å². The van der Waals surface area contributed by atoms with Crippen molar-refractivity contribution in [2.75, 3.05) is 5.32 Å². The fraction of sp³-hybridized carbons (Fsp3) is 0.0870. The van der Waals surface area contributed by atoms with E-state index in [0.29, 0.717) is 11.3 Å². The third-order valence-electron chi connectivity index (χ3n) is 4.58. The number of fused-ring (bicyclic) bond motifs is 1. The highest BCUT2D eigenvalue weighted by Crippen LogP contribution is 2.34. The third kappa shape index (κ3) is 3.66. The van der Waals surface area contributed by atoms with E-state index in [2.05, 4.69) is 5.32 Å². The largest absolute Gasteiger partial charge is 0.319 e. The average Bonchev–Trinajstić information content (AvgIpc) is 3.05. The van der Waals surface area contributed by atoms with Crippen LogP contribution < -0.4 is 5.32 Å². The monoisotopic (exact) mass is 393 g/mol. The summed E-state index contributed by atoms with van der Waals surface area (Å²) < 4.78 is 28.4. The van der Waals surface area contributed by atoms with Gasteiger partial charge in [-0.25, -0.2) is 8.78 Å². The molecular weight excluding hydrogens is 376 g/mol. The Morgan fingerprint density at radius 2 is 1.75 bits per heavy atom. The van der Waals surface area contributed by atoms with Crippen molar-refractivity contribution in [1.29, 1.82) is 0 Å². The van der Waals surface area contributed by atoms with E-state index in [-0.39, 0.29) is 5.69 Å². The van der Waals surface area contributed by atoms with E-state index in [9.17, 15) is 13.6 Å². The van der Waals surface area contributed by atoms with Gasteiger partial charge in [0.05, 0.1) is 10.6 Å². The number of rotatable bonds is 4. The van der Waals surface area contributed by atoms with E-state index in [1.807, 2.05) is 55.5 Å². The lowest BCUT2D eigenvalue weighted by Gasteiger charge is -2.08. The smallest absolute Gasteiger partial charge is 0.266 e. The van der Waals surface area contributed by atoms with Gasteiger partial charge in [0, 0.05) is 10.8 Å². The zero-order valence-corrected chi connectivity index (χ0v) is 15.9. The number of benzene rings is 3. The lowest BCUT2D eigenvalue weighted by molar-refractivity contribution is 0.102. The molecule has 4 rings (SSSR count).